The summed E-state index contributed by atoms with van der Waals surface area (Å²) in [7, 11) is -8.29. The number of terminal acetylenes is 1. The van der Waals surface area contributed by atoms with Crippen LogP contribution in [-0.4, -0.2) is 28.0 Å². The van der Waals surface area contributed by atoms with Crippen molar-refractivity contribution in [1.29, 1.82) is 0 Å². The zero-order valence-corrected chi connectivity index (χ0v) is 12.2. The number of benzene rings is 1. The first-order chi connectivity index (χ1) is 8.71. The fourth-order valence-electron chi connectivity index (χ4n) is 1.29. The molecule has 19 heavy (non-hydrogen) atoms. The van der Waals surface area contributed by atoms with E-state index in [1.54, 1.807) is 19.1 Å². The number of rotatable bonds is 5. The molecule has 0 spiro atoms. The molecule has 7 heteroatoms. The summed E-state index contributed by atoms with van der Waals surface area (Å²) in [5, 5.41) is 0. The summed E-state index contributed by atoms with van der Waals surface area (Å²) in [4.78, 5) is -0.0708. The molecule has 0 N–H and O–H groups in total. The van der Waals surface area contributed by atoms with Gasteiger partial charge in [-0.25, -0.2) is 8.42 Å². The minimum atomic E-state index is -4.27. The maximum atomic E-state index is 12.1. The van der Waals surface area contributed by atoms with Crippen molar-refractivity contribution in [2.24, 2.45) is 0 Å². The van der Waals surface area contributed by atoms with Crippen molar-refractivity contribution >= 4 is 20.0 Å². The predicted octanol–water partition coefficient (Wildman–Crippen LogP) is 1.09. The highest BCUT2D eigenvalue weighted by Crippen LogP contribution is 2.21. The molecule has 0 aromatic heterocycles. The molecular weight excluding hydrogens is 288 g/mol. The lowest BCUT2D eigenvalue weighted by atomic mass is 10.2. The summed E-state index contributed by atoms with van der Waals surface area (Å²) in [5.41, 5.74) is 0.873. The first-order valence-electron chi connectivity index (χ1n) is 5.34. The van der Waals surface area contributed by atoms with Gasteiger partial charge in [-0.2, -0.15) is 8.42 Å². The van der Waals surface area contributed by atoms with Crippen LogP contribution in [0.15, 0.2) is 29.2 Å². The standard InChI is InChI=1S/C12H14O5S2/c1-4-9-17-19(15,16)11(3)18(13,14)12-7-5-10(2)6-8-12/h1,5-8,11H,9H2,2-3H3. The summed E-state index contributed by atoms with van der Waals surface area (Å²) in [6, 6.07) is 5.90. The molecule has 0 saturated carbocycles. The molecule has 1 rings (SSSR count). The second-order valence-corrected chi connectivity index (χ2v) is 8.38. The van der Waals surface area contributed by atoms with Gasteiger partial charge in [0.1, 0.15) is 6.61 Å². The molecule has 1 unspecified atom stereocenters. The summed E-state index contributed by atoms with van der Waals surface area (Å²) >= 11 is 0. The molecule has 0 aliphatic rings. The third-order valence-corrected chi connectivity index (χ3v) is 7.03. The Kier molecular flexibility index (Phi) is 4.74. The van der Waals surface area contributed by atoms with Crippen molar-refractivity contribution in [3.8, 4) is 12.3 Å². The molecule has 0 fully saturated rings. The van der Waals surface area contributed by atoms with Crippen molar-refractivity contribution in [2.75, 3.05) is 6.61 Å². The van der Waals surface area contributed by atoms with Gasteiger partial charge >= 0.3 is 0 Å². The quantitative estimate of drug-likeness (QED) is 0.601. The summed E-state index contributed by atoms with van der Waals surface area (Å²) in [5.74, 6) is 1.98. The van der Waals surface area contributed by atoms with E-state index in [0.717, 1.165) is 12.5 Å². The van der Waals surface area contributed by atoms with Gasteiger partial charge in [-0.3, -0.25) is 4.18 Å². The number of hydrogen-bond donors (Lipinski definition) is 0. The zero-order valence-electron chi connectivity index (χ0n) is 10.5. The lowest BCUT2D eigenvalue weighted by Gasteiger charge is -2.13. The van der Waals surface area contributed by atoms with Gasteiger partial charge in [-0.15, -0.1) is 6.42 Å². The van der Waals surface area contributed by atoms with Crippen LogP contribution in [0.25, 0.3) is 0 Å². The third-order valence-electron chi connectivity index (χ3n) is 2.50. The Hall–Kier alpha value is -1.36. The largest absolute Gasteiger partial charge is 0.285 e. The third kappa shape index (κ3) is 3.56. The molecular formula is C12H14O5S2. The van der Waals surface area contributed by atoms with E-state index in [1.807, 2.05) is 5.92 Å². The monoisotopic (exact) mass is 302 g/mol. The highest BCUT2D eigenvalue weighted by Gasteiger charge is 2.35. The molecule has 0 aliphatic heterocycles. The van der Waals surface area contributed by atoms with E-state index in [-0.39, 0.29) is 4.90 Å². The number of hydrogen-bond acceptors (Lipinski definition) is 5. The van der Waals surface area contributed by atoms with Crippen LogP contribution >= 0.6 is 0 Å². The fraction of sp³-hybridized carbons (Fsp3) is 0.333. The van der Waals surface area contributed by atoms with Crippen molar-refractivity contribution in [3.63, 3.8) is 0 Å². The van der Waals surface area contributed by atoms with E-state index in [9.17, 15) is 16.8 Å². The smallest absolute Gasteiger partial charge is 0.256 e. The first-order valence-corrected chi connectivity index (χ1v) is 8.36. The molecule has 0 aliphatic carbocycles. The van der Waals surface area contributed by atoms with E-state index in [1.165, 1.54) is 12.1 Å². The molecule has 5 nitrogen and oxygen atoms in total. The van der Waals surface area contributed by atoms with Crippen LogP contribution in [0, 0.1) is 19.3 Å². The Morgan fingerprint density at radius 3 is 2.21 bits per heavy atom. The van der Waals surface area contributed by atoms with Crippen LogP contribution in [0.1, 0.15) is 12.5 Å². The van der Waals surface area contributed by atoms with Crippen molar-refractivity contribution in [1.82, 2.24) is 0 Å². The van der Waals surface area contributed by atoms with Gasteiger partial charge in [-0.05, 0) is 26.0 Å². The Bertz CT molecular complexity index is 679. The normalized spacial score (nSPS) is 13.7. The molecule has 0 radical (unpaired) electrons. The van der Waals surface area contributed by atoms with E-state index >= 15 is 0 Å². The molecule has 1 aromatic carbocycles. The van der Waals surface area contributed by atoms with Crippen molar-refractivity contribution in [2.45, 2.75) is 23.3 Å². The Morgan fingerprint density at radius 1 is 1.21 bits per heavy atom. The lowest BCUT2D eigenvalue weighted by Crippen LogP contribution is -2.29. The molecule has 0 bridgehead atoms. The van der Waals surface area contributed by atoms with Crippen molar-refractivity contribution < 1.29 is 21.0 Å². The predicted molar refractivity (Wildman–Crippen MR) is 71.5 cm³/mol. The van der Waals surface area contributed by atoms with Crippen LogP contribution in [0.3, 0.4) is 0 Å². The molecule has 1 atom stereocenters. The van der Waals surface area contributed by atoms with Crippen LogP contribution in [-0.2, 0) is 24.1 Å². The average Bonchev–Trinajstić information content (AvgIpc) is 2.36. The summed E-state index contributed by atoms with van der Waals surface area (Å²) in [6.07, 6.45) is 4.88. The average molecular weight is 302 g/mol. The van der Waals surface area contributed by atoms with Crippen LogP contribution in [0.5, 0.6) is 0 Å². The Morgan fingerprint density at radius 2 is 1.74 bits per heavy atom. The molecule has 0 saturated heterocycles. The van der Waals surface area contributed by atoms with Gasteiger partial charge in [0.2, 0.25) is 0 Å². The van der Waals surface area contributed by atoms with E-state index in [2.05, 4.69) is 4.18 Å². The van der Waals surface area contributed by atoms with Crippen molar-refractivity contribution in [3.05, 3.63) is 29.8 Å². The second-order valence-electron chi connectivity index (χ2n) is 3.88. The maximum absolute atomic E-state index is 12.1. The molecule has 1 aromatic rings. The van der Waals surface area contributed by atoms with Gasteiger partial charge in [0.15, 0.2) is 14.4 Å². The number of aryl methyl sites for hydroxylation is 1. The summed E-state index contributed by atoms with van der Waals surface area (Å²) in [6.45, 7) is 2.36. The van der Waals surface area contributed by atoms with E-state index < -0.39 is 31.1 Å². The maximum Gasteiger partial charge on any atom is 0.285 e. The number of sulfone groups is 1. The van der Waals surface area contributed by atoms with Gasteiger partial charge in [-0.1, -0.05) is 23.6 Å². The van der Waals surface area contributed by atoms with Crippen LogP contribution in [0.2, 0.25) is 0 Å². The van der Waals surface area contributed by atoms with E-state index in [4.69, 9.17) is 6.42 Å². The SMILES string of the molecule is C#CCOS(=O)(=O)C(C)S(=O)(=O)c1ccc(C)cc1. The van der Waals surface area contributed by atoms with Gasteiger partial charge < -0.3 is 0 Å². The topological polar surface area (TPSA) is 77.5 Å². The highest BCUT2D eigenvalue weighted by atomic mass is 32.3. The van der Waals surface area contributed by atoms with Gasteiger partial charge in [0.05, 0.1) is 4.90 Å². The van der Waals surface area contributed by atoms with Crippen LogP contribution in [0.4, 0.5) is 0 Å². The molecule has 0 heterocycles. The van der Waals surface area contributed by atoms with E-state index in [0.29, 0.717) is 0 Å². The Labute approximate surface area is 113 Å². The molecule has 104 valence electrons. The second kappa shape index (κ2) is 5.74. The highest BCUT2D eigenvalue weighted by molar-refractivity contribution is 8.07. The first kappa shape index (κ1) is 15.7. The van der Waals surface area contributed by atoms with Gasteiger partial charge in [0.25, 0.3) is 10.1 Å². The Balaban J connectivity index is 3.14. The van der Waals surface area contributed by atoms with Gasteiger partial charge in [0, 0.05) is 0 Å². The molecule has 0 amide bonds. The fourth-order valence-corrected chi connectivity index (χ4v) is 4.35. The minimum absolute atomic E-state index is 0.0708. The lowest BCUT2D eigenvalue weighted by molar-refractivity contribution is 0.361. The minimum Gasteiger partial charge on any atom is -0.256 e. The summed E-state index contributed by atoms with van der Waals surface area (Å²) < 4.78 is 50.4. The van der Waals surface area contributed by atoms with Crippen LogP contribution < -0.4 is 0 Å². The zero-order chi connectivity index (χ0) is 14.7.